The maximum Gasteiger partial charge on any atom is 0.265 e. The number of hydrogen-bond donors (Lipinski definition) is 2. The maximum atomic E-state index is 12.2. The van der Waals surface area contributed by atoms with Gasteiger partial charge in [0.2, 0.25) is 0 Å². The first-order valence-corrected chi connectivity index (χ1v) is 7.01. The van der Waals surface area contributed by atoms with E-state index in [2.05, 4.69) is 21.8 Å². The lowest BCUT2D eigenvalue weighted by Crippen LogP contribution is -2.40. The summed E-state index contributed by atoms with van der Waals surface area (Å²) < 4.78 is 3.89. The normalized spacial score (nSPS) is 13.4. The lowest BCUT2D eigenvalue weighted by atomic mass is 9.91. The Kier molecular flexibility index (Phi) is 5.22. The van der Waals surface area contributed by atoms with Gasteiger partial charge >= 0.3 is 0 Å². The Morgan fingerprint density at radius 2 is 2.17 bits per heavy atom. The van der Waals surface area contributed by atoms with Gasteiger partial charge in [-0.2, -0.15) is 0 Å². The second-order valence-electron chi connectivity index (χ2n) is 5.40. The molecule has 0 saturated heterocycles. The van der Waals surface area contributed by atoms with E-state index in [1.807, 2.05) is 20.8 Å². The van der Waals surface area contributed by atoms with Gasteiger partial charge in [-0.25, -0.2) is 0 Å². The molecule has 1 unspecified atom stereocenters. The third kappa shape index (κ3) is 3.74. The fraction of sp³-hybridized carbons (Fsp3) is 0.750. The standard InChI is InChI=1S/C12H22N4OS/c1-5-6-8(7-13)14-11(17)9-10(12(2,3)4)15-16-18-9/h8H,5-7,13H2,1-4H3,(H,14,17). The van der Waals surface area contributed by atoms with Gasteiger partial charge in [-0.1, -0.05) is 38.6 Å². The van der Waals surface area contributed by atoms with Crippen molar-refractivity contribution in [2.45, 2.75) is 52.0 Å². The van der Waals surface area contributed by atoms with Crippen molar-refractivity contribution in [3.63, 3.8) is 0 Å². The van der Waals surface area contributed by atoms with Gasteiger partial charge in [-0.15, -0.1) is 5.10 Å². The third-order valence-electron chi connectivity index (χ3n) is 2.66. The van der Waals surface area contributed by atoms with Crippen molar-refractivity contribution < 1.29 is 4.79 Å². The number of nitrogens with one attached hydrogen (secondary N) is 1. The van der Waals surface area contributed by atoms with Gasteiger partial charge in [0, 0.05) is 18.0 Å². The number of nitrogens with zero attached hydrogens (tertiary/aromatic N) is 2. The molecule has 6 heteroatoms. The zero-order valence-electron chi connectivity index (χ0n) is 11.5. The Morgan fingerprint density at radius 3 is 2.67 bits per heavy atom. The van der Waals surface area contributed by atoms with Crippen molar-refractivity contribution >= 4 is 17.4 Å². The van der Waals surface area contributed by atoms with Crippen molar-refractivity contribution in [1.82, 2.24) is 14.9 Å². The van der Waals surface area contributed by atoms with Crippen LogP contribution in [0.5, 0.6) is 0 Å². The first-order chi connectivity index (χ1) is 8.40. The van der Waals surface area contributed by atoms with Gasteiger partial charge < -0.3 is 11.1 Å². The lowest BCUT2D eigenvalue weighted by molar-refractivity contribution is 0.0938. The van der Waals surface area contributed by atoms with Crippen LogP contribution >= 0.6 is 11.5 Å². The summed E-state index contributed by atoms with van der Waals surface area (Å²) >= 11 is 1.14. The van der Waals surface area contributed by atoms with Crippen molar-refractivity contribution in [1.29, 1.82) is 0 Å². The van der Waals surface area contributed by atoms with Crippen molar-refractivity contribution in [3.05, 3.63) is 10.6 Å². The highest BCUT2D eigenvalue weighted by Crippen LogP contribution is 2.25. The molecule has 1 aromatic heterocycles. The number of rotatable bonds is 5. The van der Waals surface area contributed by atoms with Crippen LogP contribution in [-0.2, 0) is 5.41 Å². The molecule has 0 radical (unpaired) electrons. The number of aromatic nitrogens is 2. The Bertz CT molecular complexity index is 397. The molecule has 1 atom stereocenters. The summed E-state index contributed by atoms with van der Waals surface area (Å²) in [7, 11) is 0. The van der Waals surface area contributed by atoms with E-state index in [1.54, 1.807) is 0 Å². The summed E-state index contributed by atoms with van der Waals surface area (Å²) in [6.45, 7) is 8.59. The largest absolute Gasteiger partial charge is 0.347 e. The van der Waals surface area contributed by atoms with Crippen molar-refractivity contribution in [2.24, 2.45) is 5.73 Å². The topological polar surface area (TPSA) is 80.9 Å². The molecular weight excluding hydrogens is 248 g/mol. The van der Waals surface area contributed by atoms with Crippen LogP contribution in [0.15, 0.2) is 0 Å². The van der Waals surface area contributed by atoms with E-state index in [-0.39, 0.29) is 17.4 Å². The van der Waals surface area contributed by atoms with Gasteiger partial charge in [0.05, 0.1) is 5.69 Å². The molecule has 0 spiro atoms. The fourth-order valence-electron chi connectivity index (χ4n) is 1.68. The minimum absolute atomic E-state index is 0.0254. The van der Waals surface area contributed by atoms with Gasteiger partial charge in [-0.3, -0.25) is 4.79 Å². The predicted molar refractivity (Wildman–Crippen MR) is 73.8 cm³/mol. The zero-order chi connectivity index (χ0) is 13.8. The highest BCUT2D eigenvalue weighted by Gasteiger charge is 2.27. The molecule has 0 aromatic carbocycles. The SMILES string of the molecule is CCCC(CN)NC(=O)c1snnc1C(C)(C)C. The Labute approximate surface area is 112 Å². The third-order valence-corrected chi connectivity index (χ3v) is 3.39. The van der Waals surface area contributed by atoms with Gasteiger partial charge in [0.1, 0.15) is 4.88 Å². The molecule has 1 amide bonds. The van der Waals surface area contributed by atoms with E-state index in [0.29, 0.717) is 11.4 Å². The van der Waals surface area contributed by atoms with Crippen LogP contribution in [0.4, 0.5) is 0 Å². The van der Waals surface area contributed by atoms with Crippen LogP contribution in [0.25, 0.3) is 0 Å². The Hall–Kier alpha value is -1.01. The predicted octanol–water partition coefficient (Wildman–Crippen LogP) is 1.69. The average molecular weight is 270 g/mol. The minimum atomic E-state index is -0.178. The van der Waals surface area contributed by atoms with Crippen LogP contribution in [0.1, 0.15) is 55.9 Å². The summed E-state index contributed by atoms with van der Waals surface area (Å²) in [5, 5.41) is 7.01. The highest BCUT2D eigenvalue weighted by atomic mass is 32.1. The molecule has 3 N–H and O–H groups in total. The van der Waals surface area contributed by atoms with Crippen LogP contribution in [-0.4, -0.2) is 28.1 Å². The van der Waals surface area contributed by atoms with Crippen LogP contribution in [0.3, 0.4) is 0 Å². The van der Waals surface area contributed by atoms with E-state index in [1.165, 1.54) is 0 Å². The molecule has 102 valence electrons. The summed E-state index contributed by atoms with van der Waals surface area (Å²) in [6, 6.07) is 0.0254. The Morgan fingerprint density at radius 1 is 1.50 bits per heavy atom. The molecule has 1 heterocycles. The Balaban J connectivity index is 2.82. The molecule has 0 saturated carbocycles. The molecule has 0 fully saturated rings. The number of nitrogens with two attached hydrogens (primary N) is 1. The molecule has 1 aromatic rings. The second kappa shape index (κ2) is 6.24. The second-order valence-corrected chi connectivity index (χ2v) is 6.15. The highest BCUT2D eigenvalue weighted by molar-refractivity contribution is 7.08. The lowest BCUT2D eigenvalue weighted by Gasteiger charge is -2.18. The molecule has 18 heavy (non-hydrogen) atoms. The smallest absolute Gasteiger partial charge is 0.265 e. The van der Waals surface area contributed by atoms with E-state index in [9.17, 15) is 4.79 Å². The molecule has 0 aliphatic rings. The van der Waals surface area contributed by atoms with E-state index < -0.39 is 0 Å². The van der Waals surface area contributed by atoms with Crippen LogP contribution in [0, 0.1) is 0 Å². The molecule has 0 aliphatic carbocycles. The molecule has 5 nitrogen and oxygen atoms in total. The monoisotopic (exact) mass is 270 g/mol. The number of carbonyl (C=O) groups is 1. The molecule has 0 aliphatic heterocycles. The van der Waals surface area contributed by atoms with Gasteiger partial charge in [0.15, 0.2) is 0 Å². The summed E-state index contributed by atoms with van der Waals surface area (Å²) in [4.78, 5) is 12.8. The number of hydrogen-bond acceptors (Lipinski definition) is 5. The van der Waals surface area contributed by atoms with Crippen molar-refractivity contribution in [3.8, 4) is 0 Å². The van der Waals surface area contributed by atoms with E-state index in [0.717, 1.165) is 30.1 Å². The fourth-order valence-corrected chi connectivity index (χ4v) is 2.46. The number of carbonyl (C=O) groups excluding carboxylic acids is 1. The summed E-state index contributed by atoms with van der Waals surface area (Å²) in [5.41, 5.74) is 6.21. The van der Waals surface area contributed by atoms with E-state index >= 15 is 0 Å². The van der Waals surface area contributed by atoms with E-state index in [4.69, 9.17) is 5.73 Å². The minimum Gasteiger partial charge on any atom is -0.347 e. The molecule has 0 bridgehead atoms. The molecular formula is C12H22N4OS. The van der Waals surface area contributed by atoms with Crippen LogP contribution < -0.4 is 11.1 Å². The van der Waals surface area contributed by atoms with Crippen LogP contribution in [0.2, 0.25) is 0 Å². The summed E-state index contributed by atoms with van der Waals surface area (Å²) in [5.74, 6) is -0.112. The quantitative estimate of drug-likeness (QED) is 0.853. The maximum absolute atomic E-state index is 12.2. The first kappa shape index (κ1) is 15.0. The zero-order valence-corrected chi connectivity index (χ0v) is 12.3. The average Bonchev–Trinajstić information content (AvgIpc) is 2.76. The molecule has 1 rings (SSSR count). The summed E-state index contributed by atoms with van der Waals surface area (Å²) in [6.07, 6.45) is 1.88. The van der Waals surface area contributed by atoms with Crippen molar-refractivity contribution in [2.75, 3.05) is 6.54 Å². The van der Waals surface area contributed by atoms with Gasteiger partial charge in [-0.05, 0) is 18.0 Å². The number of amides is 1. The van der Waals surface area contributed by atoms with Gasteiger partial charge in [0.25, 0.3) is 5.91 Å². The first-order valence-electron chi connectivity index (χ1n) is 6.23.